The van der Waals surface area contributed by atoms with Crippen LogP contribution in [0.4, 0.5) is 18.0 Å². The third-order valence-electron chi connectivity index (χ3n) is 5.01. The molecule has 0 bridgehead atoms. The maximum absolute atomic E-state index is 12.4. The third kappa shape index (κ3) is 7.45. The van der Waals surface area contributed by atoms with Crippen LogP contribution in [-0.2, 0) is 11.3 Å². The molecule has 2 N–H and O–H groups in total. The molecule has 1 aliphatic heterocycles. The van der Waals surface area contributed by atoms with Crippen molar-refractivity contribution in [3.8, 4) is 5.75 Å². The predicted molar refractivity (Wildman–Crippen MR) is 107 cm³/mol. The molecule has 3 rings (SSSR count). The summed E-state index contributed by atoms with van der Waals surface area (Å²) in [5.74, 6) is -0.380. The summed E-state index contributed by atoms with van der Waals surface area (Å²) in [5, 5.41) is 13.5. The lowest BCUT2D eigenvalue weighted by Crippen LogP contribution is -2.46. The average molecular weight is 438 g/mol. The quantitative estimate of drug-likeness (QED) is 0.652. The molecule has 0 spiro atoms. The van der Waals surface area contributed by atoms with E-state index in [0.717, 1.165) is 43.6 Å². The van der Waals surface area contributed by atoms with E-state index in [-0.39, 0.29) is 12.4 Å². The van der Waals surface area contributed by atoms with Gasteiger partial charge in [-0.15, -0.1) is 13.2 Å². The van der Waals surface area contributed by atoms with Gasteiger partial charge in [0, 0.05) is 6.54 Å². The van der Waals surface area contributed by atoms with Crippen molar-refractivity contribution in [1.82, 2.24) is 10.2 Å². The van der Waals surface area contributed by atoms with Gasteiger partial charge in [0.05, 0.1) is 6.04 Å². The first-order chi connectivity index (χ1) is 14.8. The first-order valence-electron chi connectivity index (χ1n) is 10.0. The minimum absolute atomic E-state index is 0.0860. The largest absolute Gasteiger partial charge is 0.573 e. The number of carbonyl (C=O) groups is 1. The van der Waals surface area contributed by atoms with E-state index in [0.29, 0.717) is 12.1 Å². The van der Waals surface area contributed by atoms with E-state index >= 15 is 0 Å². The van der Waals surface area contributed by atoms with E-state index in [1.165, 1.54) is 12.1 Å². The zero-order chi connectivity index (χ0) is 22.3. The van der Waals surface area contributed by atoms with Crippen LogP contribution < -0.4 is 10.1 Å². The van der Waals surface area contributed by atoms with Gasteiger partial charge in [-0.1, -0.05) is 42.5 Å². The Bertz CT molecular complexity index is 825. The van der Waals surface area contributed by atoms with Crippen LogP contribution in [0.3, 0.4) is 0 Å². The van der Waals surface area contributed by atoms with Crippen LogP contribution in [0, 0.1) is 0 Å². The number of aliphatic hydroxyl groups excluding tert-OH is 1. The van der Waals surface area contributed by atoms with E-state index in [1.54, 1.807) is 0 Å². The molecular weight excluding hydrogens is 413 g/mol. The number of alkyl carbamates (subject to hydrolysis) is 1. The monoisotopic (exact) mass is 438 g/mol. The molecule has 31 heavy (non-hydrogen) atoms. The highest BCUT2D eigenvalue weighted by molar-refractivity contribution is 5.67. The number of hydrogen-bond acceptors (Lipinski definition) is 5. The Hall–Kier alpha value is -2.78. The number of amides is 1. The minimum Gasteiger partial charge on any atom is -0.445 e. The molecule has 1 amide bonds. The molecule has 1 fully saturated rings. The summed E-state index contributed by atoms with van der Waals surface area (Å²) in [6.45, 7) is 2.18. The highest BCUT2D eigenvalue weighted by Gasteiger charge is 2.31. The Morgan fingerprint density at radius 3 is 2.32 bits per heavy atom. The standard InChI is InChI=1S/C22H25F3N2O4/c23-22(24,25)31-18-10-8-17(9-11-18)20(28)19(14-27-12-4-5-13-27)26-21(29)30-15-16-6-2-1-3-7-16/h1-3,6-11,19-20,28H,4-5,12-15H2,(H,26,29)/t19-,20?/m1/s1. The van der Waals surface area contributed by atoms with E-state index in [9.17, 15) is 23.1 Å². The summed E-state index contributed by atoms with van der Waals surface area (Å²) in [6.07, 6.45) is -4.54. The van der Waals surface area contributed by atoms with Crippen molar-refractivity contribution in [2.75, 3.05) is 19.6 Å². The van der Waals surface area contributed by atoms with Crippen LogP contribution >= 0.6 is 0 Å². The highest BCUT2D eigenvalue weighted by atomic mass is 19.4. The first kappa shape index (κ1) is 22.9. The zero-order valence-corrected chi connectivity index (χ0v) is 16.8. The lowest BCUT2D eigenvalue weighted by atomic mass is 10.0. The SMILES string of the molecule is O=C(N[C@H](CN1CCCC1)C(O)c1ccc(OC(F)(F)F)cc1)OCc1ccccc1. The second kappa shape index (κ2) is 10.5. The first-order valence-corrected chi connectivity index (χ1v) is 10.0. The van der Waals surface area contributed by atoms with Crippen LogP contribution in [0.1, 0.15) is 30.1 Å². The summed E-state index contributed by atoms with van der Waals surface area (Å²) in [6, 6.07) is 13.4. The Kier molecular flexibility index (Phi) is 7.75. The number of alkyl halides is 3. The Balaban J connectivity index is 1.64. The molecule has 6 nitrogen and oxygen atoms in total. The fourth-order valence-corrected chi connectivity index (χ4v) is 3.48. The molecular formula is C22H25F3N2O4. The van der Waals surface area contributed by atoms with Gasteiger partial charge in [0.15, 0.2) is 0 Å². The summed E-state index contributed by atoms with van der Waals surface area (Å²) in [5.41, 5.74) is 1.19. The molecule has 2 aromatic carbocycles. The summed E-state index contributed by atoms with van der Waals surface area (Å²) in [4.78, 5) is 14.5. The van der Waals surface area contributed by atoms with Gasteiger partial charge in [-0.05, 0) is 49.2 Å². The van der Waals surface area contributed by atoms with Crippen LogP contribution in [0.15, 0.2) is 54.6 Å². The molecule has 0 aliphatic carbocycles. The molecule has 0 saturated carbocycles. The van der Waals surface area contributed by atoms with Crippen molar-refractivity contribution in [1.29, 1.82) is 0 Å². The Labute approximate surface area is 178 Å². The fourth-order valence-electron chi connectivity index (χ4n) is 3.48. The number of aliphatic hydroxyl groups is 1. The number of halogens is 3. The highest BCUT2D eigenvalue weighted by Crippen LogP contribution is 2.26. The maximum atomic E-state index is 12.4. The van der Waals surface area contributed by atoms with Gasteiger partial charge < -0.3 is 24.8 Å². The zero-order valence-electron chi connectivity index (χ0n) is 16.8. The van der Waals surface area contributed by atoms with Crippen molar-refractivity contribution in [2.24, 2.45) is 0 Å². The molecule has 1 unspecified atom stereocenters. The number of ether oxygens (including phenoxy) is 2. The fraction of sp³-hybridized carbons (Fsp3) is 0.409. The summed E-state index contributed by atoms with van der Waals surface area (Å²) < 4.78 is 46.2. The predicted octanol–water partition coefficient (Wildman–Crippen LogP) is 4.01. The van der Waals surface area contributed by atoms with Crippen molar-refractivity contribution >= 4 is 6.09 Å². The number of carbonyl (C=O) groups excluding carboxylic acids is 1. The van der Waals surface area contributed by atoms with Gasteiger partial charge in [0.1, 0.15) is 18.5 Å². The van der Waals surface area contributed by atoms with E-state index in [2.05, 4.69) is 15.0 Å². The molecule has 9 heteroatoms. The van der Waals surface area contributed by atoms with Crippen molar-refractivity contribution in [3.05, 3.63) is 65.7 Å². The lowest BCUT2D eigenvalue weighted by molar-refractivity contribution is -0.274. The summed E-state index contributed by atoms with van der Waals surface area (Å²) in [7, 11) is 0. The van der Waals surface area contributed by atoms with Crippen LogP contribution in [0.5, 0.6) is 5.75 Å². The Morgan fingerprint density at radius 2 is 1.71 bits per heavy atom. The van der Waals surface area contributed by atoms with Gasteiger partial charge in [0.2, 0.25) is 0 Å². The molecule has 1 aliphatic rings. The average Bonchev–Trinajstić information content (AvgIpc) is 3.25. The molecule has 2 aromatic rings. The maximum Gasteiger partial charge on any atom is 0.573 e. The topological polar surface area (TPSA) is 71.0 Å². The minimum atomic E-state index is -4.79. The number of benzene rings is 2. The summed E-state index contributed by atoms with van der Waals surface area (Å²) >= 11 is 0. The van der Waals surface area contributed by atoms with Crippen molar-refractivity contribution in [3.63, 3.8) is 0 Å². The second-order valence-corrected chi connectivity index (χ2v) is 7.38. The van der Waals surface area contributed by atoms with Crippen LogP contribution in [0.25, 0.3) is 0 Å². The molecule has 2 atom stereocenters. The third-order valence-corrected chi connectivity index (χ3v) is 5.01. The van der Waals surface area contributed by atoms with Gasteiger partial charge in [-0.25, -0.2) is 4.79 Å². The van der Waals surface area contributed by atoms with Gasteiger partial charge in [0.25, 0.3) is 0 Å². The lowest BCUT2D eigenvalue weighted by Gasteiger charge is -2.28. The number of rotatable bonds is 8. The molecule has 1 saturated heterocycles. The molecule has 168 valence electrons. The van der Waals surface area contributed by atoms with E-state index in [1.807, 2.05) is 30.3 Å². The molecule has 1 heterocycles. The van der Waals surface area contributed by atoms with Crippen molar-refractivity contribution < 1.29 is 32.5 Å². The number of likely N-dealkylation sites (tertiary alicyclic amines) is 1. The smallest absolute Gasteiger partial charge is 0.445 e. The van der Waals surface area contributed by atoms with Crippen LogP contribution in [0.2, 0.25) is 0 Å². The molecule has 0 aromatic heterocycles. The number of nitrogens with zero attached hydrogens (tertiary/aromatic N) is 1. The molecule has 0 radical (unpaired) electrons. The van der Waals surface area contributed by atoms with Gasteiger partial charge in [-0.3, -0.25) is 0 Å². The number of nitrogens with one attached hydrogen (secondary N) is 1. The second-order valence-electron chi connectivity index (χ2n) is 7.38. The Morgan fingerprint density at radius 1 is 1.06 bits per heavy atom. The van der Waals surface area contributed by atoms with Gasteiger partial charge in [-0.2, -0.15) is 0 Å². The van der Waals surface area contributed by atoms with E-state index < -0.39 is 24.6 Å². The number of hydrogen-bond donors (Lipinski definition) is 2. The van der Waals surface area contributed by atoms with Crippen LogP contribution in [-0.4, -0.2) is 48.1 Å². The van der Waals surface area contributed by atoms with E-state index in [4.69, 9.17) is 4.74 Å². The normalized spacial score (nSPS) is 16.5. The van der Waals surface area contributed by atoms with Crippen molar-refractivity contribution in [2.45, 2.75) is 38.0 Å². The van der Waals surface area contributed by atoms with Gasteiger partial charge >= 0.3 is 12.5 Å².